The van der Waals surface area contributed by atoms with E-state index in [1.54, 1.807) is 0 Å². The second-order valence-electron chi connectivity index (χ2n) is 8.71. The number of carbonyl (C=O) groups is 1. The van der Waals surface area contributed by atoms with E-state index in [4.69, 9.17) is 0 Å². The van der Waals surface area contributed by atoms with Gasteiger partial charge in [0.15, 0.2) is 0 Å². The van der Waals surface area contributed by atoms with Crippen LogP contribution in [0.5, 0.6) is 0 Å². The van der Waals surface area contributed by atoms with Gasteiger partial charge in [0.25, 0.3) is 5.91 Å². The van der Waals surface area contributed by atoms with E-state index in [1.165, 1.54) is 11.1 Å². The first-order valence-corrected chi connectivity index (χ1v) is 10.4. The van der Waals surface area contributed by atoms with Gasteiger partial charge in [0, 0.05) is 5.56 Å². The summed E-state index contributed by atoms with van der Waals surface area (Å²) in [6.07, 6.45) is 1.78. The number of nitrogens with one attached hydrogen (secondary N) is 1. The highest BCUT2D eigenvalue weighted by Gasteiger charge is 2.17. The van der Waals surface area contributed by atoms with Gasteiger partial charge < -0.3 is 5.32 Å². The average Bonchev–Trinajstić information content (AvgIpc) is 2.72. The normalized spacial score (nSPS) is 12.4. The fraction of sp³-hybridized carbons (Fsp3) is 0.296. The highest BCUT2D eigenvalue weighted by molar-refractivity contribution is 5.95. The van der Waals surface area contributed by atoms with Gasteiger partial charge in [0.1, 0.15) is 0 Å². The molecule has 1 N–H and O–H groups in total. The van der Waals surface area contributed by atoms with Gasteiger partial charge in [-0.3, -0.25) is 4.79 Å². The van der Waals surface area contributed by atoms with Crippen molar-refractivity contribution in [3.05, 3.63) is 107 Å². The standard InChI is InChI=1S/C27H31NO/c1-20(22-16-18-24(19-17-22)27(2,3)4)28-26(29)25-13-9-8-12-23(25)15-14-21-10-6-5-7-11-21/h5-13,16-20H,14-15H2,1-4H3,(H,28,29)/t20-/m1/s1. The van der Waals surface area contributed by atoms with Crippen molar-refractivity contribution in [1.29, 1.82) is 0 Å². The predicted molar refractivity (Wildman–Crippen MR) is 121 cm³/mol. The van der Waals surface area contributed by atoms with Crippen molar-refractivity contribution in [3.8, 4) is 0 Å². The molecular formula is C27H31NO. The molecule has 0 fully saturated rings. The molecule has 150 valence electrons. The Bertz CT molecular complexity index is 936. The van der Waals surface area contributed by atoms with Crippen LogP contribution in [0.3, 0.4) is 0 Å². The summed E-state index contributed by atoms with van der Waals surface area (Å²) in [6, 6.07) is 26.8. The van der Waals surface area contributed by atoms with Crippen molar-refractivity contribution < 1.29 is 4.79 Å². The molecule has 0 saturated heterocycles. The van der Waals surface area contributed by atoms with E-state index in [0.29, 0.717) is 0 Å². The molecule has 0 saturated carbocycles. The number of rotatable bonds is 6. The minimum Gasteiger partial charge on any atom is -0.346 e. The van der Waals surface area contributed by atoms with E-state index in [-0.39, 0.29) is 17.4 Å². The second kappa shape index (κ2) is 9.09. The Hall–Kier alpha value is -2.87. The van der Waals surface area contributed by atoms with E-state index in [2.05, 4.69) is 80.7 Å². The molecule has 1 amide bonds. The lowest BCUT2D eigenvalue weighted by atomic mass is 9.86. The van der Waals surface area contributed by atoms with Crippen LogP contribution in [0.25, 0.3) is 0 Å². The largest absolute Gasteiger partial charge is 0.346 e. The number of carbonyl (C=O) groups excluding carboxylic acids is 1. The summed E-state index contributed by atoms with van der Waals surface area (Å²) in [6.45, 7) is 8.66. The SMILES string of the molecule is C[C@@H](NC(=O)c1ccccc1CCc1ccccc1)c1ccc(C(C)(C)C)cc1. The van der Waals surface area contributed by atoms with Crippen molar-refractivity contribution in [2.45, 2.75) is 52.0 Å². The molecule has 3 aromatic carbocycles. The van der Waals surface area contributed by atoms with Gasteiger partial charge >= 0.3 is 0 Å². The lowest BCUT2D eigenvalue weighted by molar-refractivity contribution is 0.0939. The van der Waals surface area contributed by atoms with Crippen LogP contribution < -0.4 is 5.32 Å². The van der Waals surface area contributed by atoms with Crippen LogP contribution in [0.4, 0.5) is 0 Å². The Morgan fingerprint density at radius 2 is 1.45 bits per heavy atom. The molecule has 29 heavy (non-hydrogen) atoms. The maximum absolute atomic E-state index is 13.0. The van der Waals surface area contributed by atoms with Gasteiger partial charge in [0.2, 0.25) is 0 Å². The van der Waals surface area contributed by atoms with Crippen molar-refractivity contribution in [1.82, 2.24) is 5.32 Å². The summed E-state index contributed by atoms with van der Waals surface area (Å²) in [4.78, 5) is 13.0. The molecule has 0 unspecified atom stereocenters. The number of amides is 1. The zero-order valence-electron chi connectivity index (χ0n) is 17.9. The van der Waals surface area contributed by atoms with E-state index in [9.17, 15) is 4.79 Å². The first-order valence-electron chi connectivity index (χ1n) is 10.4. The third-order valence-electron chi connectivity index (χ3n) is 5.41. The minimum absolute atomic E-state index is 0.0129. The van der Waals surface area contributed by atoms with Crippen LogP contribution in [0.15, 0.2) is 78.9 Å². The third-order valence-corrected chi connectivity index (χ3v) is 5.41. The van der Waals surface area contributed by atoms with Crippen LogP contribution in [-0.4, -0.2) is 5.91 Å². The smallest absolute Gasteiger partial charge is 0.252 e. The molecule has 0 spiro atoms. The van der Waals surface area contributed by atoms with Crippen molar-refractivity contribution in [3.63, 3.8) is 0 Å². The Morgan fingerprint density at radius 3 is 2.10 bits per heavy atom. The molecular weight excluding hydrogens is 354 g/mol. The number of hydrogen-bond acceptors (Lipinski definition) is 1. The molecule has 0 aliphatic heterocycles. The highest BCUT2D eigenvalue weighted by atomic mass is 16.1. The van der Waals surface area contributed by atoms with Crippen molar-refractivity contribution in [2.24, 2.45) is 0 Å². The second-order valence-corrected chi connectivity index (χ2v) is 8.71. The van der Waals surface area contributed by atoms with E-state index in [1.807, 2.05) is 31.2 Å². The summed E-state index contributed by atoms with van der Waals surface area (Å²) in [5, 5.41) is 3.17. The molecule has 2 heteroatoms. The van der Waals surface area contributed by atoms with Crippen LogP contribution in [0.1, 0.15) is 66.3 Å². The third kappa shape index (κ3) is 5.57. The quantitative estimate of drug-likeness (QED) is 0.533. The zero-order chi connectivity index (χ0) is 20.9. The Kier molecular flexibility index (Phi) is 6.53. The predicted octanol–water partition coefficient (Wildman–Crippen LogP) is 6.26. The van der Waals surface area contributed by atoms with Gasteiger partial charge in [-0.05, 0) is 53.5 Å². The van der Waals surface area contributed by atoms with Crippen LogP contribution in [0, 0.1) is 0 Å². The molecule has 1 atom stereocenters. The minimum atomic E-state index is -0.0429. The molecule has 0 aliphatic rings. The lowest BCUT2D eigenvalue weighted by Crippen LogP contribution is -2.27. The Balaban J connectivity index is 1.69. The number of benzene rings is 3. The molecule has 3 aromatic rings. The van der Waals surface area contributed by atoms with Crippen LogP contribution >= 0.6 is 0 Å². The average molecular weight is 386 g/mol. The maximum atomic E-state index is 13.0. The molecule has 0 heterocycles. The molecule has 0 radical (unpaired) electrons. The van der Waals surface area contributed by atoms with E-state index >= 15 is 0 Å². The fourth-order valence-corrected chi connectivity index (χ4v) is 3.51. The van der Waals surface area contributed by atoms with Crippen molar-refractivity contribution in [2.75, 3.05) is 0 Å². The number of hydrogen-bond donors (Lipinski definition) is 1. The molecule has 2 nitrogen and oxygen atoms in total. The van der Waals surface area contributed by atoms with Gasteiger partial charge in [-0.15, -0.1) is 0 Å². The summed E-state index contributed by atoms with van der Waals surface area (Å²) >= 11 is 0. The van der Waals surface area contributed by atoms with Gasteiger partial charge in [-0.1, -0.05) is 93.6 Å². The van der Waals surface area contributed by atoms with Crippen LogP contribution in [0.2, 0.25) is 0 Å². The Morgan fingerprint density at radius 1 is 0.828 bits per heavy atom. The van der Waals surface area contributed by atoms with Crippen LogP contribution in [-0.2, 0) is 18.3 Å². The maximum Gasteiger partial charge on any atom is 0.252 e. The topological polar surface area (TPSA) is 29.1 Å². The van der Waals surface area contributed by atoms with E-state index < -0.39 is 0 Å². The van der Waals surface area contributed by atoms with Gasteiger partial charge in [0.05, 0.1) is 6.04 Å². The lowest BCUT2D eigenvalue weighted by Gasteiger charge is -2.21. The summed E-state index contributed by atoms with van der Waals surface area (Å²) in [7, 11) is 0. The highest BCUT2D eigenvalue weighted by Crippen LogP contribution is 2.24. The molecule has 0 aliphatic carbocycles. The monoisotopic (exact) mass is 385 g/mol. The molecule has 0 aromatic heterocycles. The first kappa shape index (κ1) is 20.9. The number of aryl methyl sites for hydroxylation is 2. The fourth-order valence-electron chi connectivity index (χ4n) is 3.51. The summed E-state index contributed by atoms with van der Waals surface area (Å²) in [5.41, 5.74) is 5.68. The molecule has 0 bridgehead atoms. The van der Waals surface area contributed by atoms with Gasteiger partial charge in [-0.25, -0.2) is 0 Å². The summed E-state index contributed by atoms with van der Waals surface area (Å²) < 4.78 is 0. The molecule has 3 rings (SSSR count). The van der Waals surface area contributed by atoms with Gasteiger partial charge in [-0.2, -0.15) is 0 Å². The zero-order valence-corrected chi connectivity index (χ0v) is 17.9. The van der Waals surface area contributed by atoms with Crippen molar-refractivity contribution >= 4 is 5.91 Å². The first-order chi connectivity index (χ1) is 13.8. The van der Waals surface area contributed by atoms with E-state index in [0.717, 1.165) is 29.5 Å². The summed E-state index contributed by atoms with van der Waals surface area (Å²) in [5.74, 6) is -0.0129. The Labute approximate surface area is 175 Å².